The van der Waals surface area contributed by atoms with E-state index in [1.54, 1.807) is 0 Å². The standard InChI is InChI=1S/C27H39F2N/c1-5-8-24-23(17-19(2)15-16-27(4,28)29)12-6-9-20(3)30-26(24)25-18-21-10-7-11-22(25)14-13-21/h9,17-18,21-22,24H,2,5-8,10-16H2,1,3-4H3/b20-9+,23-17-,30-26+. The zero-order valence-electron chi connectivity index (χ0n) is 19.2. The summed E-state index contributed by atoms with van der Waals surface area (Å²) in [6, 6.07) is 0. The molecular weight excluding hydrogens is 376 g/mol. The van der Waals surface area contributed by atoms with Crippen LogP contribution in [0.3, 0.4) is 0 Å². The van der Waals surface area contributed by atoms with E-state index in [1.807, 2.05) is 0 Å². The molecule has 0 amide bonds. The lowest BCUT2D eigenvalue weighted by Gasteiger charge is -2.32. The Kier molecular flexibility index (Phi) is 7.87. The van der Waals surface area contributed by atoms with E-state index in [4.69, 9.17) is 4.99 Å². The maximum atomic E-state index is 13.4. The van der Waals surface area contributed by atoms with Crippen LogP contribution in [0.2, 0.25) is 0 Å². The Balaban J connectivity index is 1.95. The molecule has 0 aromatic heterocycles. The molecule has 0 aromatic carbocycles. The highest BCUT2D eigenvalue weighted by atomic mass is 19.3. The van der Waals surface area contributed by atoms with Gasteiger partial charge in [0.2, 0.25) is 5.92 Å². The van der Waals surface area contributed by atoms with Crippen molar-refractivity contribution in [3.05, 3.63) is 47.2 Å². The summed E-state index contributed by atoms with van der Waals surface area (Å²) in [5.41, 5.74) is 6.04. The summed E-state index contributed by atoms with van der Waals surface area (Å²) in [6.07, 6.45) is 17.7. The molecule has 4 aliphatic rings. The average Bonchev–Trinajstić information content (AvgIpc) is 3.02. The summed E-state index contributed by atoms with van der Waals surface area (Å²) in [7, 11) is 0. The van der Waals surface area contributed by atoms with Crippen molar-refractivity contribution in [3.63, 3.8) is 0 Å². The van der Waals surface area contributed by atoms with Crippen molar-refractivity contribution in [3.8, 4) is 0 Å². The molecule has 1 fully saturated rings. The Morgan fingerprint density at radius 1 is 1.27 bits per heavy atom. The number of rotatable bonds is 7. The van der Waals surface area contributed by atoms with Crippen LogP contribution in [-0.4, -0.2) is 11.6 Å². The van der Waals surface area contributed by atoms with Gasteiger partial charge in [-0.05, 0) is 82.6 Å². The first-order chi connectivity index (χ1) is 14.3. The first-order valence-electron chi connectivity index (χ1n) is 12.0. The van der Waals surface area contributed by atoms with E-state index in [0.29, 0.717) is 18.3 Å². The van der Waals surface area contributed by atoms with Crippen LogP contribution in [0.4, 0.5) is 8.78 Å². The second kappa shape index (κ2) is 10.2. The van der Waals surface area contributed by atoms with E-state index < -0.39 is 5.92 Å². The lowest BCUT2D eigenvalue weighted by Crippen LogP contribution is -2.26. The van der Waals surface area contributed by atoms with E-state index in [-0.39, 0.29) is 12.3 Å². The summed E-state index contributed by atoms with van der Waals surface area (Å²) < 4.78 is 26.7. The molecule has 30 heavy (non-hydrogen) atoms. The smallest absolute Gasteiger partial charge is 0.245 e. The predicted molar refractivity (Wildman–Crippen MR) is 124 cm³/mol. The molecule has 0 radical (unpaired) electrons. The number of hydrogen-bond donors (Lipinski definition) is 0. The monoisotopic (exact) mass is 415 g/mol. The van der Waals surface area contributed by atoms with Crippen molar-refractivity contribution in [2.75, 3.05) is 0 Å². The molecule has 3 heteroatoms. The van der Waals surface area contributed by atoms with E-state index >= 15 is 0 Å². The van der Waals surface area contributed by atoms with Gasteiger partial charge in [-0.3, -0.25) is 4.99 Å². The zero-order valence-corrected chi connectivity index (χ0v) is 19.2. The van der Waals surface area contributed by atoms with Crippen molar-refractivity contribution in [2.24, 2.45) is 22.7 Å². The molecule has 0 saturated heterocycles. The molecule has 1 nitrogen and oxygen atoms in total. The van der Waals surface area contributed by atoms with Crippen LogP contribution >= 0.6 is 0 Å². The molecule has 166 valence electrons. The van der Waals surface area contributed by atoms with Gasteiger partial charge in [0.15, 0.2) is 0 Å². The lowest BCUT2D eigenvalue weighted by molar-refractivity contribution is 0.0135. The highest BCUT2D eigenvalue weighted by molar-refractivity contribution is 6.04. The third kappa shape index (κ3) is 6.25. The van der Waals surface area contributed by atoms with Gasteiger partial charge in [0.1, 0.15) is 0 Å². The molecule has 0 aromatic rings. The van der Waals surface area contributed by atoms with Crippen LogP contribution in [0.1, 0.15) is 91.4 Å². The molecule has 0 spiro atoms. The van der Waals surface area contributed by atoms with E-state index in [9.17, 15) is 8.78 Å². The minimum absolute atomic E-state index is 0.136. The Hall–Kier alpha value is -1.51. The molecule has 3 unspecified atom stereocenters. The van der Waals surface area contributed by atoms with Crippen LogP contribution in [0.25, 0.3) is 0 Å². The summed E-state index contributed by atoms with van der Waals surface area (Å²) >= 11 is 0. The Morgan fingerprint density at radius 2 is 2.07 bits per heavy atom. The molecule has 1 saturated carbocycles. The van der Waals surface area contributed by atoms with Crippen molar-refractivity contribution >= 4 is 5.71 Å². The fraction of sp³-hybridized carbons (Fsp3) is 0.667. The van der Waals surface area contributed by atoms with Gasteiger partial charge in [-0.2, -0.15) is 0 Å². The first kappa shape index (κ1) is 23.2. The Bertz CT molecular complexity index is 743. The number of nitrogens with zero attached hydrogens (tertiary/aromatic N) is 1. The van der Waals surface area contributed by atoms with Gasteiger partial charge in [-0.1, -0.05) is 55.7 Å². The number of aliphatic imine (C=N–C) groups is 1. The average molecular weight is 416 g/mol. The zero-order chi connectivity index (χ0) is 21.7. The van der Waals surface area contributed by atoms with Crippen molar-refractivity contribution in [2.45, 2.75) is 97.3 Å². The van der Waals surface area contributed by atoms with Gasteiger partial charge < -0.3 is 0 Å². The molecule has 4 rings (SSSR count). The fourth-order valence-electron chi connectivity index (χ4n) is 5.37. The molecule has 0 N–H and O–H groups in total. The number of allylic oxidation sites excluding steroid dienone is 7. The van der Waals surface area contributed by atoms with Gasteiger partial charge in [-0.25, -0.2) is 8.78 Å². The highest BCUT2D eigenvalue weighted by Crippen LogP contribution is 2.42. The maximum absolute atomic E-state index is 13.4. The van der Waals surface area contributed by atoms with Gasteiger partial charge >= 0.3 is 0 Å². The minimum Gasteiger partial charge on any atom is -0.258 e. The van der Waals surface area contributed by atoms with Crippen LogP contribution in [0.15, 0.2) is 52.2 Å². The molecule has 2 bridgehead atoms. The summed E-state index contributed by atoms with van der Waals surface area (Å²) in [5, 5.41) is 0. The largest absolute Gasteiger partial charge is 0.258 e. The third-order valence-corrected chi connectivity index (χ3v) is 6.96. The van der Waals surface area contributed by atoms with E-state index in [0.717, 1.165) is 43.9 Å². The van der Waals surface area contributed by atoms with Gasteiger partial charge in [0.25, 0.3) is 0 Å². The first-order valence-corrected chi connectivity index (χ1v) is 12.0. The Morgan fingerprint density at radius 3 is 2.80 bits per heavy atom. The van der Waals surface area contributed by atoms with Gasteiger partial charge in [0, 0.05) is 18.0 Å². The lowest BCUT2D eigenvalue weighted by atomic mass is 9.74. The molecule has 3 aliphatic carbocycles. The number of hydrogen-bond acceptors (Lipinski definition) is 1. The fourth-order valence-corrected chi connectivity index (χ4v) is 5.37. The van der Waals surface area contributed by atoms with Crippen molar-refractivity contribution < 1.29 is 8.78 Å². The van der Waals surface area contributed by atoms with Crippen LogP contribution in [-0.2, 0) is 0 Å². The quantitative estimate of drug-likeness (QED) is 0.395. The topological polar surface area (TPSA) is 12.4 Å². The number of alkyl halides is 2. The summed E-state index contributed by atoms with van der Waals surface area (Å²) in [5.74, 6) is -1.02. The Labute approximate surface area is 182 Å². The second-order valence-corrected chi connectivity index (χ2v) is 9.76. The van der Waals surface area contributed by atoms with E-state index in [2.05, 4.69) is 38.7 Å². The normalized spacial score (nSPS) is 32.4. The van der Waals surface area contributed by atoms with Crippen molar-refractivity contribution in [1.82, 2.24) is 0 Å². The summed E-state index contributed by atoms with van der Waals surface area (Å²) in [4.78, 5) is 5.18. The number of halogens is 2. The highest BCUT2D eigenvalue weighted by Gasteiger charge is 2.33. The number of fused-ring (bicyclic) bond motifs is 3. The third-order valence-electron chi connectivity index (χ3n) is 6.96. The summed E-state index contributed by atoms with van der Waals surface area (Å²) in [6.45, 7) is 9.48. The predicted octanol–water partition coefficient (Wildman–Crippen LogP) is 8.60. The van der Waals surface area contributed by atoms with Crippen LogP contribution in [0.5, 0.6) is 0 Å². The van der Waals surface area contributed by atoms with Gasteiger partial charge in [-0.15, -0.1) is 0 Å². The van der Waals surface area contributed by atoms with Crippen LogP contribution < -0.4 is 0 Å². The van der Waals surface area contributed by atoms with E-state index in [1.165, 1.54) is 49.0 Å². The van der Waals surface area contributed by atoms with Crippen molar-refractivity contribution in [1.29, 1.82) is 0 Å². The SMILES string of the molecule is C=C(/C=C1/CC/C=C(C)/N=C(/C2=CC3CCCC2CC3)C1CCC)CCC(C)(F)F. The minimum atomic E-state index is -2.64. The second-order valence-electron chi connectivity index (χ2n) is 9.76. The molecule has 3 atom stereocenters. The molecule has 1 heterocycles. The van der Waals surface area contributed by atoms with Crippen LogP contribution in [0, 0.1) is 17.8 Å². The molecular formula is C27H39F2N. The molecule has 1 aliphatic heterocycles. The maximum Gasteiger partial charge on any atom is 0.245 e. The van der Waals surface area contributed by atoms with Gasteiger partial charge in [0.05, 0.1) is 5.71 Å².